The smallest absolute Gasteiger partial charge is 0.302 e. The van der Waals surface area contributed by atoms with Crippen molar-refractivity contribution in [1.82, 2.24) is 0 Å². The van der Waals surface area contributed by atoms with E-state index in [1.807, 2.05) is 6.08 Å². The number of ether oxygens (including phenoxy) is 3. The molecular weight excluding hydrogens is 356 g/mol. The van der Waals surface area contributed by atoms with Crippen molar-refractivity contribution in [3.05, 3.63) is 11.6 Å². The monoisotopic (exact) mass is 388 g/mol. The first-order valence-electron chi connectivity index (χ1n) is 11.0. The summed E-state index contributed by atoms with van der Waals surface area (Å²) in [6.07, 6.45) is 8.46. The van der Waals surface area contributed by atoms with Gasteiger partial charge < -0.3 is 14.2 Å². The molecule has 3 saturated carbocycles. The van der Waals surface area contributed by atoms with Gasteiger partial charge in [-0.2, -0.15) is 0 Å². The molecule has 4 aliphatic carbocycles. The van der Waals surface area contributed by atoms with Gasteiger partial charge in [-0.25, -0.2) is 0 Å². The second-order valence-electron chi connectivity index (χ2n) is 10.1. The van der Waals surface area contributed by atoms with Crippen LogP contribution in [-0.2, 0) is 23.8 Å². The molecule has 6 atom stereocenters. The highest BCUT2D eigenvalue weighted by Crippen LogP contribution is 2.68. The molecule has 4 fully saturated rings. The van der Waals surface area contributed by atoms with Crippen LogP contribution in [0.2, 0.25) is 0 Å². The van der Waals surface area contributed by atoms with E-state index in [1.165, 1.54) is 12.5 Å². The Balaban J connectivity index is 1.47. The molecule has 5 heteroatoms. The topological polar surface area (TPSA) is 61.8 Å². The fourth-order valence-corrected chi connectivity index (χ4v) is 7.59. The van der Waals surface area contributed by atoms with Crippen molar-refractivity contribution in [2.24, 2.45) is 28.6 Å². The molecule has 1 aliphatic heterocycles. The lowest BCUT2D eigenvalue weighted by atomic mass is 9.47. The van der Waals surface area contributed by atoms with Gasteiger partial charge in [0.15, 0.2) is 11.6 Å². The van der Waals surface area contributed by atoms with Gasteiger partial charge in [-0.1, -0.05) is 19.4 Å². The van der Waals surface area contributed by atoms with Crippen molar-refractivity contribution >= 4 is 11.8 Å². The minimum absolute atomic E-state index is 0.0453. The van der Waals surface area contributed by atoms with Gasteiger partial charge in [-0.05, 0) is 55.4 Å². The van der Waals surface area contributed by atoms with Gasteiger partial charge in [-0.15, -0.1) is 0 Å². The van der Waals surface area contributed by atoms with Gasteiger partial charge in [0.05, 0.1) is 13.2 Å². The molecule has 5 nitrogen and oxygen atoms in total. The van der Waals surface area contributed by atoms with E-state index in [2.05, 4.69) is 13.8 Å². The van der Waals surface area contributed by atoms with Crippen molar-refractivity contribution in [3.8, 4) is 0 Å². The molecule has 1 spiro atoms. The second kappa shape index (κ2) is 6.15. The number of hydrogen-bond donors (Lipinski definition) is 0. The van der Waals surface area contributed by atoms with Crippen LogP contribution < -0.4 is 0 Å². The molecule has 0 N–H and O–H groups in total. The van der Waals surface area contributed by atoms with Gasteiger partial charge >= 0.3 is 5.97 Å². The first-order chi connectivity index (χ1) is 13.3. The van der Waals surface area contributed by atoms with E-state index >= 15 is 0 Å². The predicted octanol–water partition coefficient (Wildman–Crippen LogP) is 3.80. The summed E-state index contributed by atoms with van der Waals surface area (Å²) in [5.41, 5.74) is 1.18. The molecule has 0 aromatic carbocycles. The van der Waals surface area contributed by atoms with Gasteiger partial charge in [-0.3, -0.25) is 9.59 Å². The van der Waals surface area contributed by atoms with Crippen LogP contribution in [0.5, 0.6) is 0 Å². The van der Waals surface area contributed by atoms with Crippen molar-refractivity contribution < 1.29 is 23.8 Å². The fraction of sp³-hybridized carbons (Fsp3) is 0.826. The van der Waals surface area contributed by atoms with Crippen molar-refractivity contribution in [3.63, 3.8) is 0 Å². The second-order valence-corrected chi connectivity index (χ2v) is 10.1. The summed E-state index contributed by atoms with van der Waals surface area (Å²) in [4.78, 5) is 24.8. The number of ketones is 1. The molecule has 0 aromatic rings. The Labute approximate surface area is 167 Å². The number of allylic oxidation sites excluding steroid dienone is 1. The molecular formula is C23H32O5. The van der Waals surface area contributed by atoms with E-state index in [1.54, 1.807) is 0 Å². The Morgan fingerprint density at radius 2 is 1.79 bits per heavy atom. The average Bonchev–Trinajstić information content (AvgIpc) is 3.23. The van der Waals surface area contributed by atoms with Crippen LogP contribution in [0.3, 0.4) is 0 Å². The van der Waals surface area contributed by atoms with Crippen LogP contribution >= 0.6 is 0 Å². The largest absolute Gasteiger partial charge is 0.462 e. The fourth-order valence-electron chi connectivity index (χ4n) is 7.59. The lowest BCUT2D eigenvalue weighted by Gasteiger charge is -2.57. The molecule has 1 heterocycles. The maximum atomic E-state index is 13.4. The third kappa shape index (κ3) is 2.38. The average molecular weight is 389 g/mol. The van der Waals surface area contributed by atoms with Gasteiger partial charge in [0.1, 0.15) is 6.10 Å². The zero-order valence-electron chi connectivity index (χ0n) is 17.3. The maximum Gasteiger partial charge on any atom is 0.302 e. The number of hydrogen-bond acceptors (Lipinski definition) is 5. The van der Waals surface area contributed by atoms with Gasteiger partial charge in [0, 0.05) is 31.1 Å². The van der Waals surface area contributed by atoms with E-state index in [0.29, 0.717) is 31.5 Å². The number of rotatable bonds is 1. The minimum atomic E-state index is -0.471. The van der Waals surface area contributed by atoms with E-state index in [-0.39, 0.29) is 34.6 Å². The molecule has 0 amide bonds. The molecule has 0 radical (unpaired) electrons. The Bertz CT molecular complexity index is 735. The molecule has 0 bridgehead atoms. The number of carbonyl (C=O) groups excluding carboxylic acids is 2. The molecule has 0 aromatic heterocycles. The molecule has 154 valence electrons. The lowest BCUT2D eigenvalue weighted by Crippen LogP contribution is -2.57. The highest BCUT2D eigenvalue weighted by Gasteiger charge is 2.68. The highest BCUT2D eigenvalue weighted by atomic mass is 16.7. The van der Waals surface area contributed by atoms with Crippen LogP contribution in [0.25, 0.3) is 0 Å². The van der Waals surface area contributed by atoms with Crippen LogP contribution in [-0.4, -0.2) is 36.9 Å². The van der Waals surface area contributed by atoms with Crippen LogP contribution in [0.1, 0.15) is 65.7 Å². The highest BCUT2D eigenvalue weighted by molar-refractivity contribution is 5.94. The maximum absolute atomic E-state index is 13.4. The van der Waals surface area contributed by atoms with Crippen molar-refractivity contribution in [2.75, 3.05) is 13.2 Å². The lowest BCUT2D eigenvalue weighted by molar-refractivity contribution is -0.240. The van der Waals surface area contributed by atoms with E-state index < -0.39 is 5.79 Å². The summed E-state index contributed by atoms with van der Waals surface area (Å²) in [5, 5.41) is 0. The molecule has 28 heavy (non-hydrogen) atoms. The minimum Gasteiger partial charge on any atom is -0.462 e. The Kier molecular flexibility index (Phi) is 4.13. The Morgan fingerprint density at radius 3 is 2.50 bits per heavy atom. The normalized spacial score (nSPS) is 46.5. The van der Waals surface area contributed by atoms with Crippen LogP contribution in [0.15, 0.2) is 11.6 Å². The molecule has 1 saturated heterocycles. The van der Waals surface area contributed by atoms with E-state index in [4.69, 9.17) is 14.2 Å². The van der Waals surface area contributed by atoms with E-state index in [9.17, 15) is 9.59 Å². The van der Waals surface area contributed by atoms with E-state index in [0.717, 1.165) is 38.5 Å². The number of fused-ring (bicyclic) bond motifs is 6. The summed E-state index contributed by atoms with van der Waals surface area (Å²) in [7, 11) is 0. The summed E-state index contributed by atoms with van der Waals surface area (Å²) in [6, 6.07) is 0. The van der Waals surface area contributed by atoms with Crippen LogP contribution in [0.4, 0.5) is 0 Å². The summed E-state index contributed by atoms with van der Waals surface area (Å²) >= 11 is 0. The third-order valence-corrected chi connectivity index (χ3v) is 9.03. The summed E-state index contributed by atoms with van der Waals surface area (Å²) in [6.45, 7) is 7.46. The first-order valence-corrected chi connectivity index (χ1v) is 11.0. The van der Waals surface area contributed by atoms with Crippen LogP contribution in [0, 0.1) is 28.6 Å². The standard InChI is InChI=1S/C23H32O5/c1-14(24)28-16-4-7-21(2)15(12-16)13-19(25)20-17(21)5-8-22(3)18(20)6-9-23(22)26-10-11-27-23/h13,16-18,20H,4-12H2,1-3H3/t16-,17?,18?,20?,21-,22?/m0/s1. The zero-order chi connectivity index (χ0) is 19.7. The van der Waals surface area contributed by atoms with Crippen molar-refractivity contribution in [2.45, 2.75) is 77.6 Å². The quantitative estimate of drug-likeness (QED) is 0.640. The summed E-state index contributed by atoms with van der Waals surface area (Å²) < 4.78 is 17.8. The Morgan fingerprint density at radius 1 is 1.07 bits per heavy atom. The third-order valence-electron chi connectivity index (χ3n) is 9.03. The predicted molar refractivity (Wildman–Crippen MR) is 102 cm³/mol. The molecule has 5 aliphatic rings. The van der Waals surface area contributed by atoms with Gasteiger partial charge in [0.25, 0.3) is 0 Å². The Hall–Kier alpha value is -1.20. The van der Waals surface area contributed by atoms with Gasteiger partial charge in [0.2, 0.25) is 0 Å². The molecule has 5 rings (SSSR count). The van der Waals surface area contributed by atoms with Crippen molar-refractivity contribution in [1.29, 1.82) is 0 Å². The zero-order valence-corrected chi connectivity index (χ0v) is 17.3. The number of esters is 1. The summed E-state index contributed by atoms with van der Waals surface area (Å²) in [5.74, 6) is 0.374. The first kappa shape index (κ1) is 18.8. The molecule has 4 unspecified atom stereocenters. The number of carbonyl (C=O) groups is 2. The SMILES string of the molecule is CC(=O)O[C@H]1CC[C@@]2(C)C(=CC(=O)C3C4CCC5(OCCO5)C4(C)CCC32)C1.